The van der Waals surface area contributed by atoms with Crippen molar-refractivity contribution < 1.29 is 14.3 Å². The number of ether oxygens (including phenoxy) is 2. The SMILES string of the molecule is CCC1CN2CCC1CC2C(OC(=O)CC(C)(C)C)c1ccnc2ccc(OC)cc12.Cl.Cl. The van der Waals surface area contributed by atoms with Gasteiger partial charge in [0.15, 0.2) is 0 Å². The first kappa shape index (κ1) is 27.7. The molecule has 1 aromatic carbocycles. The second-order valence-corrected chi connectivity index (χ2v) is 10.4. The number of aromatic nitrogens is 1. The van der Waals surface area contributed by atoms with Crippen molar-refractivity contribution in [1.82, 2.24) is 9.88 Å². The summed E-state index contributed by atoms with van der Waals surface area (Å²) in [5, 5.41) is 1.00. The Labute approximate surface area is 210 Å². The van der Waals surface area contributed by atoms with Crippen molar-refractivity contribution >= 4 is 41.7 Å². The lowest BCUT2D eigenvalue weighted by Crippen LogP contribution is -2.55. The molecule has 3 saturated heterocycles. The Morgan fingerprint density at radius 3 is 2.61 bits per heavy atom. The molecule has 184 valence electrons. The number of benzene rings is 1. The largest absolute Gasteiger partial charge is 0.497 e. The van der Waals surface area contributed by atoms with Crippen molar-refractivity contribution in [2.45, 2.75) is 65.5 Å². The molecular formula is C26H38Cl2N2O3. The quantitative estimate of drug-likeness (QED) is 0.443. The van der Waals surface area contributed by atoms with Crippen molar-refractivity contribution in [2.24, 2.45) is 17.3 Å². The highest BCUT2D eigenvalue weighted by atomic mass is 35.5. The third kappa shape index (κ3) is 6.12. The van der Waals surface area contributed by atoms with Crippen LogP contribution in [0, 0.1) is 17.3 Å². The summed E-state index contributed by atoms with van der Waals surface area (Å²) >= 11 is 0. The zero-order chi connectivity index (χ0) is 22.2. The molecule has 3 aliphatic rings. The maximum absolute atomic E-state index is 13.0. The Bertz CT molecular complexity index is 947. The van der Waals surface area contributed by atoms with Gasteiger partial charge in [-0.3, -0.25) is 14.7 Å². The van der Waals surface area contributed by atoms with Gasteiger partial charge in [-0.15, -0.1) is 24.8 Å². The number of hydrogen-bond donors (Lipinski definition) is 0. The summed E-state index contributed by atoms with van der Waals surface area (Å²) in [5.74, 6) is 2.13. The molecule has 7 heteroatoms. The Morgan fingerprint density at radius 1 is 1.24 bits per heavy atom. The molecule has 33 heavy (non-hydrogen) atoms. The van der Waals surface area contributed by atoms with Gasteiger partial charge in [-0.05, 0) is 60.9 Å². The van der Waals surface area contributed by atoms with E-state index >= 15 is 0 Å². The van der Waals surface area contributed by atoms with E-state index in [4.69, 9.17) is 9.47 Å². The number of piperidine rings is 3. The van der Waals surface area contributed by atoms with E-state index < -0.39 is 0 Å². The van der Waals surface area contributed by atoms with E-state index in [9.17, 15) is 4.79 Å². The third-order valence-corrected chi connectivity index (χ3v) is 7.03. The number of methoxy groups -OCH3 is 1. The van der Waals surface area contributed by atoms with E-state index in [0.717, 1.165) is 47.6 Å². The van der Waals surface area contributed by atoms with E-state index in [0.29, 0.717) is 12.3 Å². The van der Waals surface area contributed by atoms with Crippen LogP contribution in [-0.4, -0.2) is 42.1 Å². The molecule has 1 aromatic heterocycles. The van der Waals surface area contributed by atoms with Gasteiger partial charge in [0.1, 0.15) is 11.9 Å². The summed E-state index contributed by atoms with van der Waals surface area (Å²) in [7, 11) is 1.68. The fourth-order valence-corrected chi connectivity index (χ4v) is 5.44. The lowest BCUT2D eigenvalue weighted by molar-refractivity contribution is -0.160. The molecule has 5 unspecified atom stereocenters. The van der Waals surface area contributed by atoms with Crippen LogP contribution in [0.5, 0.6) is 5.75 Å². The van der Waals surface area contributed by atoms with Crippen molar-refractivity contribution in [2.75, 3.05) is 20.2 Å². The lowest BCUT2D eigenvalue weighted by Gasteiger charge is -2.51. The molecule has 3 fully saturated rings. The molecule has 0 N–H and O–H groups in total. The van der Waals surface area contributed by atoms with Crippen LogP contribution in [0.15, 0.2) is 30.5 Å². The fraction of sp³-hybridized carbons (Fsp3) is 0.615. The fourth-order valence-electron chi connectivity index (χ4n) is 5.44. The number of carbonyl (C=O) groups is 1. The van der Waals surface area contributed by atoms with Crippen molar-refractivity contribution in [1.29, 1.82) is 0 Å². The number of carbonyl (C=O) groups excluding carboxylic acids is 1. The molecular weight excluding hydrogens is 459 g/mol. The minimum atomic E-state index is -0.298. The van der Waals surface area contributed by atoms with Crippen LogP contribution in [-0.2, 0) is 9.53 Å². The van der Waals surface area contributed by atoms with E-state index in [2.05, 4.69) is 37.6 Å². The molecule has 0 aliphatic carbocycles. The summed E-state index contributed by atoms with van der Waals surface area (Å²) in [4.78, 5) is 20.1. The zero-order valence-corrected chi connectivity index (χ0v) is 22.0. The monoisotopic (exact) mass is 496 g/mol. The van der Waals surface area contributed by atoms with Gasteiger partial charge in [-0.25, -0.2) is 0 Å². The number of fused-ring (bicyclic) bond motifs is 4. The van der Waals surface area contributed by atoms with Crippen LogP contribution in [0.25, 0.3) is 10.9 Å². The Hall–Kier alpha value is -1.56. The summed E-state index contributed by atoms with van der Waals surface area (Å²) < 4.78 is 11.8. The summed E-state index contributed by atoms with van der Waals surface area (Å²) in [5.41, 5.74) is 1.83. The first-order valence-electron chi connectivity index (χ1n) is 11.6. The van der Waals surface area contributed by atoms with Gasteiger partial charge in [0.2, 0.25) is 0 Å². The summed E-state index contributed by atoms with van der Waals surface area (Å²) in [6.45, 7) is 10.7. The van der Waals surface area contributed by atoms with Gasteiger partial charge in [0, 0.05) is 23.7 Å². The molecule has 5 atom stereocenters. The summed E-state index contributed by atoms with van der Waals surface area (Å²) in [6.07, 6.45) is 5.50. The van der Waals surface area contributed by atoms with Crippen molar-refractivity contribution in [3.05, 3.63) is 36.0 Å². The molecule has 2 aromatic rings. The summed E-state index contributed by atoms with van der Waals surface area (Å²) in [6, 6.07) is 8.16. The predicted octanol–water partition coefficient (Wildman–Crippen LogP) is 6.23. The molecule has 0 amide bonds. The topological polar surface area (TPSA) is 51.7 Å². The normalized spacial score (nSPS) is 25.0. The average molecular weight is 498 g/mol. The smallest absolute Gasteiger partial charge is 0.306 e. The third-order valence-electron chi connectivity index (χ3n) is 7.03. The Balaban J connectivity index is 0.00000193. The van der Waals surface area contributed by atoms with Gasteiger partial charge in [0.05, 0.1) is 25.1 Å². The molecule has 4 heterocycles. The maximum Gasteiger partial charge on any atom is 0.306 e. The van der Waals surface area contributed by atoms with Gasteiger partial charge in [0.25, 0.3) is 0 Å². The number of rotatable bonds is 6. The highest BCUT2D eigenvalue weighted by molar-refractivity contribution is 5.86. The van der Waals surface area contributed by atoms with Crippen LogP contribution in [0.3, 0.4) is 0 Å². The van der Waals surface area contributed by atoms with Gasteiger partial charge >= 0.3 is 5.97 Å². The van der Waals surface area contributed by atoms with Gasteiger partial charge in [-0.1, -0.05) is 34.1 Å². The zero-order valence-electron chi connectivity index (χ0n) is 20.4. The predicted molar refractivity (Wildman–Crippen MR) is 138 cm³/mol. The van der Waals surface area contributed by atoms with Crippen LogP contribution in [0.2, 0.25) is 0 Å². The van der Waals surface area contributed by atoms with E-state index in [1.807, 2.05) is 30.5 Å². The molecule has 2 bridgehead atoms. The second kappa shape index (κ2) is 11.2. The van der Waals surface area contributed by atoms with Gasteiger partial charge < -0.3 is 9.47 Å². The van der Waals surface area contributed by atoms with Crippen LogP contribution in [0.4, 0.5) is 0 Å². The Kier molecular flexibility index (Phi) is 9.43. The van der Waals surface area contributed by atoms with E-state index in [1.54, 1.807) is 7.11 Å². The lowest BCUT2D eigenvalue weighted by atomic mass is 9.72. The average Bonchev–Trinajstić information content (AvgIpc) is 2.75. The molecule has 0 radical (unpaired) electrons. The maximum atomic E-state index is 13.0. The minimum absolute atomic E-state index is 0. The number of esters is 1. The molecule has 0 saturated carbocycles. The molecule has 5 nitrogen and oxygen atoms in total. The number of pyridine rings is 1. The van der Waals surface area contributed by atoms with Crippen LogP contribution in [0.1, 0.15) is 65.0 Å². The number of halogens is 2. The van der Waals surface area contributed by atoms with Crippen LogP contribution >= 0.6 is 24.8 Å². The van der Waals surface area contributed by atoms with Crippen molar-refractivity contribution in [3.8, 4) is 5.75 Å². The van der Waals surface area contributed by atoms with Crippen molar-refractivity contribution in [3.63, 3.8) is 0 Å². The molecule has 5 rings (SSSR count). The van der Waals surface area contributed by atoms with Gasteiger partial charge in [-0.2, -0.15) is 0 Å². The molecule has 3 aliphatic heterocycles. The highest BCUT2D eigenvalue weighted by Gasteiger charge is 2.44. The Morgan fingerprint density at radius 2 is 2.00 bits per heavy atom. The first-order valence-corrected chi connectivity index (χ1v) is 11.6. The second-order valence-electron chi connectivity index (χ2n) is 10.4. The standard InChI is InChI=1S/C26H36N2O3.2ClH/c1-6-17-16-28-12-10-18(17)13-23(28)25(31-24(29)15-26(2,3)4)20-9-11-27-22-8-7-19(30-5)14-21(20)22;;/h7-9,11,14,17-18,23,25H,6,10,12-13,15-16H2,1-5H3;2*1H. The molecule has 0 spiro atoms. The first-order chi connectivity index (χ1) is 14.8. The number of hydrogen-bond acceptors (Lipinski definition) is 5. The van der Waals surface area contributed by atoms with Crippen LogP contribution < -0.4 is 4.74 Å². The highest BCUT2D eigenvalue weighted by Crippen LogP contribution is 2.44. The van der Waals surface area contributed by atoms with E-state index in [1.165, 1.54) is 12.8 Å². The number of nitrogens with zero attached hydrogens (tertiary/aromatic N) is 2. The minimum Gasteiger partial charge on any atom is -0.497 e. The van der Waals surface area contributed by atoms with E-state index in [-0.39, 0.29) is 48.3 Å².